The number of aromatic nitrogens is 2. The van der Waals surface area contributed by atoms with Crippen molar-refractivity contribution >= 4 is 11.7 Å². The summed E-state index contributed by atoms with van der Waals surface area (Å²) in [6.45, 7) is 5.99. The first-order chi connectivity index (χ1) is 13.9. The molecule has 1 aromatic carbocycles. The van der Waals surface area contributed by atoms with E-state index in [9.17, 15) is 22.4 Å². The van der Waals surface area contributed by atoms with E-state index in [2.05, 4.69) is 10.4 Å². The summed E-state index contributed by atoms with van der Waals surface area (Å²) in [5.41, 5.74) is -0.340. The highest BCUT2D eigenvalue weighted by Gasteiger charge is 2.48. The minimum absolute atomic E-state index is 0.00333. The van der Waals surface area contributed by atoms with Gasteiger partial charge in [0.05, 0.1) is 11.1 Å². The van der Waals surface area contributed by atoms with Gasteiger partial charge in [0.15, 0.2) is 0 Å². The van der Waals surface area contributed by atoms with E-state index in [0.29, 0.717) is 17.1 Å². The van der Waals surface area contributed by atoms with Crippen LogP contribution in [-0.2, 0) is 18.3 Å². The number of hydrogen-bond donors (Lipinski definition) is 1. The summed E-state index contributed by atoms with van der Waals surface area (Å²) in [6, 6.07) is 6.38. The van der Waals surface area contributed by atoms with Crippen LogP contribution in [0.5, 0.6) is 0 Å². The lowest BCUT2D eigenvalue weighted by Crippen LogP contribution is -2.36. The van der Waals surface area contributed by atoms with Crippen molar-refractivity contribution in [2.24, 2.45) is 12.5 Å². The number of alkyl halides is 3. The van der Waals surface area contributed by atoms with Crippen LogP contribution in [0.1, 0.15) is 69.7 Å². The zero-order valence-electron chi connectivity index (χ0n) is 18.0. The van der Waals surface area contributed by atoms with Crippen molar-refractivity contribution in [3.63, 3.8) is 0 Å². The molecule has 1 aromatic heterocycles. The van der Waals surface area contributed by atoms with Gasteiger partial charge in [0, 0.05) is 25.5 Å². The van der Waals surface area contributed by atoms with Crippen molar-refractivity contribution in [1.82, 2.24) is 9.78 Å². The molecule has 0 fully saturated rings. The third kappa shape index (κ3) is 5.40. The second-order valence-electron chi connectivity index (χ2n) is 8.40. The Hall–Kier alpha value is -2.38. The van der Waals surface area contributed by atoms with Gasteiger partial charge in [-0.1, -0.05) is 52.3 Å². The normalized spacial score (nSPS) is 13.4. The zero-order valence-corrected chi connectivity index (χ0v) is 18.0. The summed E-state index contributed by atoms with van der Waals surface area (Å²) in [4.78, 5) is 12.5. The van der Waals surface area contributed by atoms with E-state index >= 15 is 0 Å². The maximum Gasteiger partial charge on any atom is 0.394 e. The van der Waals surface area contributed by atoms with Crippen LogP contribution in [0.4, 0.5) is 23.4 Å². The van der Waals surface area contributed by atoms with Gasteiger partial charge in [0.2, 0.25) is 5.91 Å². The lowest BCUT2D eigenvalue weighted by atomic mass is 9.88. The first-order valence-electron chi connectivity index (χ1n) is 10.0. The first kappa shape index (κ1) is 23.9. The summed E-state index contributed by atoms with van der Waals surface area (Å²) in [5.74, 6) is -0.723. The molecule has 2 aromatic rings. The molecule has 30 heavy (non-hydrogen) atoms. The number of carbonyl (C=O) groups is 1. The molecule has 166 valence electrons. The molecule has 0 radical (unpaired) electrons. The maximum atomic E-state index is 14.2. The molecular formula is C22H29F4N3O. The zero-order chi connectivity index (χ0) is 22.7. The summed E-state index contributed by atoms with van der Waals surface area (Å²) >= 11 is 0. The Labute approximate surface area is 174 Å². The van der Waals surface area contributed by atoms with Gasteiger partial charge in [0.25, 0.3) is 0 Å². The fourth-order valence-electron chi connectivity index (χ4n) is 3.47. The minimum atomic E-state index is -4.49. The Bertz CT molecular complexity index is 887. The van der Waals surface area contributed by atoms with Gasteiger partial charge in [-0.25, -0.2) is 4.39 Å². The Morgan fingerprint density at radius 2 is 1.87 bits per heavy atom. The molecule has 0 saturated heterocycles. The Morgan fingerprint density at radius 1 is 1.23 bits per heavy atom. The predicted molar refractivity (Wildman–Crippen MR) is 109 cm³/mol. The molecule has 1 N–H and O–H groups in total. The Kier molecular flexibility index (Phi) is 7.31. The first-order valence-corrected chi connectivity index (χ1v) is 10.0. The van der Waals surface area contributed by atoms with Crippen molar-refractivity contribution < 1.29 is 22.4 Å². The fourth-order valence-corrected chi connectivity index (χ4v) is 3.47. The largest absolute Gasteiger partial charge is 0.394 e. The molecule has 4 nitrogen and oxygen atoms in total. The van der Waals surface area contributed by atoms with Crippen LogP contribution in [-0.4, -0.2) is 21.9 Å². The number of nitrogens with one attached hydrogen (secondary N) is 1. The summed E-state index contributed by atoms with van der Waals surface area (Å²) in [5, 5.41) is 7.10. The number of nitrogens with zero attached hydrogens (tertiary/aromatic N) is 2. The Balaban J connectivity index is 2.38. The van der Waals surface area contributed by atoms with E-state index in [4.69, 9.17) is 0 Å². The number of rotatable bonds is 8. The van der Waals surface area contributed by atoms with Crippen LogP contribution in [0.25, 0.3) is 0 Å². The quantitative estimate of drug-likeness (QED) is 0.528. The monoisotopic (exact) mass is 427 g/mol. The number of carbonyl (C=O) groups excluding carboxylic acids is 1. The molecule has 2 rings (SSSR count). The molecular weight excluding hydrogens is 398 g/mol. The van der Waals surface area contributed by atoms with E-state index in [1.807, 2.05) is 13.8 Å². The van der Waals surface area contributed by atoms with Gasteiger partial charge < -0.3 is 5.32 Å². The highest BCUT2D eigenvalue weighted by atomic mass is 19.4. The fraction of sp³-hybridized carbons (Fsp3) is 0.545. The van der Waals surface area contributed by atoms with Crippen molar-refractivity contribution in [3.05, 3.63) is 46.9 Å². The van der Waals surface area contributed by atoms with E-state index in [1.54, 1.807) is 25.2 Å². The standard InChI is InChI=1S/C22H29F4N3O/c1-6-9-14(2)19-17(12-15-10-7-8-11-16(15)23)28-29(5)20(19)27-18(30)13-21(3,4)22(24,25)26/h7-8,10-11,14H,6,9,12-13H2,1-5H3,(H,27,30). The molecule has 1 heterocycles. The number of aryl methyl sites for hydroxylation is 1. The van der Waals surface area contributed by atoms with E-state index in [-0.39, 0.29) is 18.2 Å². The molecule has 1 unspecified atom stereocenters. The molecule has 0 aliphatic carbocycles. The maximum absolute atomic E-state index is 14.2. The lowest BCUT2D eigenvalue weighted by molar-refractivity contribution is -0.213. The topological polar surface area (TPSA) is 46.9 Å². The van der Waals surface area contributed by atoms with Crippen molar-refractivity contribution in [2.45, 2.75) is 65.5 Å². The van der Waals surface area contributed by atoms with Crippen LogP contribution in [0, 0.1) is 11.2 Å². The summed E-state index contributed by atoms with van der Waals surface area (Å²) < 4.78 is 55.1. The molecule has 8 heteroatoms. The van der Waals surface area contributed by atoms with Gasteiger partial charge in [-0.2, -0.15) is 18.3 Å². The predicted octanol–water partition coefficient (Wildman–Crippen LogP) is 5.97. The molecule has 0 aliphatic heterocycles. The van der Waals surface area contributed by atoms with Gasteiger partial charge in [0.1, 0.15) is 11.6 Å². The van der Waals surface area contributed by atoms with E-state index in [1.165, 1.54) is 10.7 Å². The van der Waals surface area contributed by atoms with Crippen molar-refractivity contribution in [2.75, 3.05) is 5.32 Å². The second-order valence-corrected chi connectivity index (χ2v) is 8.40. The number of hydrogen-bond acceptors (Lipinski definition) is 2. The molecule has 0 bridgehead atoms. The molecule has 0 spiro atoms. The molecule has 1 atom stereocenters. The lowest BCUT2D eigenvalue weighted by Gasteiger charge is -2.27. The summed E-state index contributed by atoms with van der Waals surface area (Å²) in [7, 11) is 1.62. The smallest absolute Gasteiger partial charge is 0.311 e. The number of benzene rings is 1. The average molecular weight is 427 g/mol. The minimum Gasteiger partial charge on any atom is -0.311 e. The van der Waals surface area contributed by atoms with Gasteiger partial charge in [-0.15, -0.1) is 0 Å². The van der Waals surface area contributed by atoms with Crippen LogP contribution in [0.2, 0.25) is 0 Å². The van der Waals surface area contributed by atoms with Crippen molar-refractivity contribution in [1.29, 1.82) is 0 Å². The van der Waals surface area contributed by atoms with E-state index in [0.717, 1.165) is 32.3 Å². The summed E-state index contributed by atoms with van der Waals surface area (Å²) in [6.07, 6.45) is -3.29. The van der Waals surface area contributed by atoms with Gasteiger partial charge in [-0.3, -0.25) is 9.48 Å². The van der Waals surface area contributed by atoms with Crippen LogP contribution >= 0.6 is 0 Å². The number of amides is 1. The number of anilines is 1. The van der Waals surface area contributed by atoms with E-state index < -0.39 is 23.9 Å². The highest BCUT2D eigenvalue weighted by molar-refractivity contribution is 5.91. The van der Waals surface area contributed by atoms with Crippen LogP contribution in [0.15, 0.2) is 24.3 Å². The molecule has 0 aliphatic rings. The van der Waals surface area contributed by atoms with Crippen molar-refractivity contribution in [3.8, 4) is 0 Å². The van der Waals surface area contributed by atoms with Crippen LogP contribution in [0.3, 0.4) is 0 Å². The third-order valence-electron chi connectivity index (χ3n) is 5.32. The SMILES string of the molecule is CCCC(C)c1c(Cc2ccccc2F)nn(C)c1NC(=O)CC(C)(C)C(F)(F)F. The van der Waals surface area contributed by atoms with Crippen LogP contribution < -0.4 is 5.32 Å². The molecule has 0 saturated carbocycles. The molecule has 1 amide bonds. The third-order valence-corrected chi connectivity index (χ3v) is 5.32. The average Bonchev–Trinajstić information content (AvgIpc) is 2.91. The number of halogens is 4. The Morgan fingerprint density at radius 3 is 2.43 bits per heavy atom. The highest BCUT2D eigenvalue weighted by Crippen LogP contribution is 2.41. The second kappa shape index (κ2) is 9.18. The van der Waals surface area contributed by atoms with Gasteiger partial charge >= 0.3 is 6.18 Å². The van der Waals surface area contributed by atoms with Gasteiger partial charge in [-0.05, 0) is 24.0 Å².